The topological polar surface area (TPSA) is 67.8 Å². The zero-order valence-corrected chi connectivity index (χ0v) is 14.8. The lowest BCUT2D eigenvalue weighted by molar-refractivity contribution is -0.157. The second-order valence-electron chi connectivity index (χ2n) is 7.43. The highest BCUT2D eigenvalue weighted by molar-refractivity contribution is 5.77. The summed E-state index contributed by atoms with van der Waals surface area (Å²) >= 11 is 0. The fourth-order valence-electron chi connectivity index (χ4n) is 3.96. The molecule has 3 fully saturated rings. The van der Waals surface area contributed by atoms with E-state index in [9.17, 15) is 4.79 Å². The number of carbonyl (C=O) groups is 1. The third kappa shape index (κ3) is 3.62. The van der Waals surface area contributed by atoms with Crippen LogP contribution in [-0.4, -0.2) is 72.1 Å². The minimum absolute atomic E-state index is 0.103. The van der Waals surface area contributed by atoms with Crippen LogP contribution in [0.5, 0.6) is 0 Å². The molecule has 0 saturated carbocycles. The van der Waals surface area contributed by atoms with E-state index >= 15 is 0 Å². The third-order valence-electron chi connectivity index (χ3n) is 5.41. The molecule has 3 aliphatic heterocycles. The predicted molar refractivity (Wildman–Crippen MR) is 92.5 cm³/mol. The zero-order valence-electron chi connectivity index (χ0n) is 14.8. The van der Waals surface area contributed by atoms with Crippen LogP contribution in [0.1, 0.15) is 31.4 Å². The van der Waals surface area contributed by atoms with Gasteiger partial charge in [0.05, 0.1) is 24.9 Å². The monoisotopic (exact) mass is 346 g/mol. The molecular weight excluding hydrogens is 320 g/mol. The van der Waals surface area contributed by atoms with Crippen molar-refractivity contribution in [2.45, 2.75) is 44.3 Å². The number of nitrogens with zero attached hydrogens (tertiary/aromatic N) is 4. The molecule has 0 radical (unpaired) electrons. The van der Waals surface area contributed by atoms with Crippen molar-refractivity contribution in [2.24, 2.45) is 0 Å². The molecule has 1 aromatic rings. The molecule has 0 aliphatic carbocycles. The van der Waals surface area contributed by atoms with E-state index in [0.717, 1.165) is 63.4 Å². The number of aromatic nitrogens is 2. The first-order valence-corrected chi connectivity index (χ1v) is 9.22. The minimum Gasteiger partial charge on any atom is -0.371 e. The van der Waals surface area contributed by atoms with Gasteiger partial charge < -0.3 is 19.3 Å². The van der Waals surface area contributed by atoms with Crippen molar-refractivity contribution < 1.29 is 14.3 Å². The van der Waals surface area contributed by atoms with Crippen molar-refractivity contribution in [1.29, 1.82) is 0 Å². The van der Waals surface area contributed by atoms with E-state index in [-0.39, 0.29) is 24.2 Å². The van der Waals surface area contributed by atoms with E-state index in [1.165, 1.54) is 0 Å². The van der Waals surface area contributed by atoms with E-state index in [2.05, 4.69) is 15.1 Å². The van der Waals surface area contributed by atoms with Gasteiger partial charge in [-0.25, -0.2) is 0 Å². The third-order valence-corrected chi connectivity index (χ3v) is 5.41. The number of carbonyl (C=O) groups excluding carboxylic acids is 1. The van der Waals surface area contributed by atoms with Crippen molar-refractivity contribution in [1.82, 2.24) is 15.1 Å². The molecule has 3 saturated heterocycles. The van der Waals surface area contributed by atoms with Gasteiger partial charge >= 0.3 is 0 Å². The fraction of sp³-hybridized carbons (Fsp3) is 0.722. The Bertz CT molecular complexity index is 609. The SMILES string of the molecule is Cc1ccc(N2CC3(C[C@@H](OCC(=O)N4CCCC4)CCO3)C2)nn1. The van der Waals surface area contributed by atoms with Crippen LogP contribution in [0.3, 0.4) is 0 Å². The largest absolute Gasteiger partial charge is 0.371 e. The summed E-state index contributed by atoms with van der Waals surface area (Å²) in [4.78, 5) is 16.2. The van der Waals surface area contributed by atoms with Crippen LogP contribution in [-0.2, 0) is 14.3 Å². The average Bonchev–Trinajstić information content (AvgIpc) is 3.13. The first-order chi connectivity index (χ1) is 12.1. The molecule has 4 heterocycles. The number of hydrogen-bond acceptors (Lipinski definition) is 6. The van der Waals surface area contributed by atoms with Gasteiger partial charge in [0.15, 0.2) is 5.82 Å². The minimum atomic E-state index is -0.161. The van der Waals surface area contributed by atoms with E-state index in [4.69, 9.17) is 9.47 Å². The maximum absolute atomic E-state index is 12.1. The fourth-order valence-corrected chi connectivity index (χ4v) is 3.96. The Labute approximate surface area is 148 Å². The Kier molecular flexibility index (Phi) is 4.60. The standard InChI is InChI=1S/C18H26N4O3/c1-14-4-5-16(20-19-14)22-12-18(13-22)10-15(6-9-25-18)24-11-17(23)21-7-2-3-8-21/h4-5,15H,2-3,6-13H2,1H3/t15-/m0/s1. The van der Waals surface area contributed by atoms with Crippen molar-refractivity contribution in [2.75, 3.05) is 44.3 Å². The molecular formula is C18H26N4O3. The number of likely N-dealkylation sites (tertiary alicyclic amines) is 1. The quantitative estimate of drug-likeness (QED) is 0.815. The molecule has 3 aliphatic rings. The molecule has 7 heteroatoms. The number of rotatable bonds is 4. The van der Waals surface area contributed by atoms with Gasteiger partial charge in [-0.2, -0.15) is 5.10 Å². The van der Waals surface area contributed by atoms with Crippen LogP contribution in [0.2, 0.25) is 0 Å². The molecule has 25 heavy (non-hydrogen) atoms. The number of anilines is 1. The summed E-state index contributed by atoms with van der Waals surface area (Å²) in [5.74, 6) is 1.02. The highest BCUT2D eigenvalue weighted by Gasteiger charge is 2.48. The number of ether oxygens (including phenoxy) is 2. The van der Waals surface area contributed by atoms with E-state index in [0.29, 0.717) is 6.61 Å². The molecule has 1 amide bonds. The molecule has 0 aromatic carbocycles. The molecule has 1 atom stereocenters. The Balaban J connectivity index is 1.27. The summed E-state index contributed by atoms with van der Waals surface area (Å²) in [6.45, 7) is 6.21. The van der Waals surface area contributed by atoms with Crippen LogP contribution in [0.15, 0.2) is 12.1 Å². The van der Waals surface area contributed by atoms with Crippen LogP contribution in [0.4, 0.5) is 5.82 Å². The molecule has 4 rings (SSSR count). The Morgan fingerprint density at radius 3 is 2.84 bits per heavy atom. The zero-order chi connectivity index (χ0) is 17.3. The molecule has 1 spiro atoms. The maximum Gasteiger partial charge on any atom is 0.248 e. The lowest BCUT2D eigenvalue weighted by Gasteiger charge is -2.53. The summed E-state index contributed by atoms with van der Waals surface area (Å²) in [6.07, 6.45) is 4.04. The maximum atomic E-state index is 12.1. The van der Waals surface area contributed by atoms with Crippen molar-refractivity contribution in [3.8, 4) is 0 Å². The Morgan fingerprint density at radius 1 is 1.32 bits per heavy atom. The summed E-state index contributed by atoms with van der Waals surface area (Å²) < 4.78 is 12.0. The van der Waals surface area contributed by atoms with Gasteiger partial charge in [-0.1, -0.05) is 0 Å². The lowest BCUT2D eigenvalue weighted by Crippen LogP contribution is -2.66. The molecule has 0 bridgehead atoms. The van der Waals surface area contributed by atoms with Crippen molar-refractivity contribution in [3.05, 3.63) is 17.8 Å². The highest BCUT2D eigenvalue weighted by atomic mass is 16.5. The van der Waals surface area contributed by atoms with Gasteiger partial charge in [0.2, 0.25) is 5.91 Å². The van der Waals surface area contributed by atoms with Crippen LogP contribution < -0.4 is 4.90 Å². The Hall–Kier alpha value is -1.73. The van der Waals surface area contributed by atoms with Crippen LogP contribution in [0, 0.1) is 6.92 Å². The molecule has 136 valence electrons. The van der Waals surface area contributed by atoms with E-state index in [1.807, 2.05) is 24.0 Å². The summed E-state index contributed by atoms with van der Waals surface area (Å²) in [7, 11) is 0. The van der Waals surface area contributed by atoms with Gasteiger partial charge in [0, 0.05) is 26.1 Å². The lowest BCUT2D eigenvalue weighted by atomic mass is 9.84. The number of aryl methyl sites for hydroxylation is 1. The second-order valence-corrected chi connectivity index (χ2v) is 7.43. The molecule has 0 unspecified atom stereocenters. The van der Waals surface area contributed by atoms with Crippen LogP contribution in [0.25, 0.3) is 0 Å². The van der Waals surface area contributed by atoms with Crippen molar-refractivity contribution >= 4 is 11.7 Å². The number of amides is 1. The summed E-state index contributed by atoms with van der Waals surface area (Å²) in [5.41, 5.74) is 0.760. The van der Waals surface area contributed by atoms with E-state index < -0.39 is 0 Å². The summed E-state index contributed by atoms with van der Waals surface area (Å²) in [5, 5.41) is 8.36. The van der Waals surface area contributed by atoms with Gasteiger partial charge in [0.1, 0.15) is 12.2 Å². The van der Waals surface area contributed by atoms with Crippen molar-refractivity contribution in [3.63, 3.8) is 0 Å². The molecule has 0 N–H and O–H groups in total. The van der Waals surface area contributed by atoms with Gasteiger partial charge in [-0.05, 0) is 38.3 Å². The van der Waals surface area contributed by atoms with Gasteiger partial charge in [-0.15, -0.1) is 5.10 Å². The normalized spacial score (nSPS) is 25.2. The van der Waals surface area contributed by atoms with Gasteiger partial charge in [0.25, 0.3) is 0 Å². The molecule has 7 nitrogen and oxygen atoms in total. The first kappa shape index (κ1) is 16.7. The van der Waals surface area contributed by atoms with E-state index in [1.54, 1.807) is 0 Å². The van der Waals surface area contributed by atoms with Crippen LogP contribution >= 0.6 is 0 Å². The summed E-state index contributed by atoms with van der Waals surface area (Å²) in [6, 6.07) is 3.98. The number of hydrogen-bond donors (Lipinski definition) is 0. The Morgan fingerprint density at radius 2 is 2.12 bits per heavy atom. The van der Waals surface area contributed by atoms with Gasteiger partial charge in [-0.3, -0.25) is 4.79 Å². The highest BCUT2D eigenvalue weighted by Crippen LogP contribution is 2.37. The average molecular weight is 346 g/mol. The smallest absolute Gasteiger partial charge is 0.248 e. The molecule has 1 aromatic heterocycles. The second kappa shape index (κ2) is 6.88. The first-order valence-electron chi connectivity index (χ1n) is 9.22. The predicted octanol–water partition coefficient (Wildman–Crippen LogP) is 1.16.